The van der Waals surface area contributed by atoms with Gasteiger partial charge in [-0.1, -0.05) is 20.8 Å². The van der Waals surface area contributed by atoms with E-state index in [1.165, 1.54) is 13.8 Å². The van der Waals surface area contributed by atoms with Gasteiger partial charge in [0.25, 0.3) is 0 Å². The van der Waals surface area contributed by atoms with Crippen LogP contribution in [0.2, 0.25) is 0 Å². The Kier molecular flexibility index (Phi) is 10.7. The van der Waals surface area contributed by atoms with Crippen LogP contribution in [0.4, 0.5) is 0 Å². The van der Waals surface area contributed by atoms with Gasteiger partial charge in [0.1, 0.15) is 30.5 Å². The van der Waals surface area contributed by atoms with Crippen LogP contribution in [-0.4, -0.2) is 94.9 Å². The maximum Gasteiger partial charge on any atom is 0.303 e. The minimum absolute atomic E-state index is 0.0510. The van der Waals surface area contributed by atoms with Crippen LogP contribution < -0.4 is 0 Å². The molecule has 0 spiro atoms. The molecule has 0 aromatic carbocycles. The van der Waals surface area contributed by atoms with Crippen molar-refractivity contribution in [1.82, 2.24) is 0 Å². The summed E-state index contributed by atoms with van der Waals surface area (Å²) in [6, 6.07) is 0. The van der Waals surface area contributed by atoms with Gasteiger partial charge in [-0.05, 0) is 29.9 Å². The molecule has 3 rings (SSSR count). The fourth-order valence-corrected chi connectivity index (χ4v) is 8.16. The van der Waals surface area contributed by atoms with E-state index in [0.717, 1.165) is 34.6 Å². The molecule has 0 aromatic heterocycles. The third kappa shape index (κ3) is 6.78. The third-order valence-electron chi connectivity index (χ3n) is 9.82. The van der Waals surface area contributed by atoms with Gasteiger partial charge >= 0.3 is 35.8 Å². The van der Waals surface area contributed by atoms with Gasteiger partial charge < -0.3 is 38.6 Å². The molecule has 10 atom stereocenters. The summed E-state index contributed by atoms with van der Waals surface area (Å²) in [4.78, 5) is 75.5. The zero-order valence-electron chi connectivity index (χ0n) is 28.0. The molecular weight excluding hydrogens is 608 g/mol. The first-order valence-electron chi connectivity index (χ1n) is 15.2. The van der Waals surface area contributed by atoms with Gasteiger partial charge in [0.05, 0.1) is 11.5 Å². The second-order valence-corrected chi connectivity index (χ2v) is 13.4. The van der Waals surface area contributed by atoms with Crippen molar-refractivity contribution in [3.63, 3.8) is 0 Å². The Bertz CT molecular complexity index is 1300. The molecule has 0 aromatic rings. The summed E-state index contributed by atoms with van der Waals surface area (Å²) in [6.45, 7) is 12.9. The lowest BCUT2D eigenvalue weighted by atomic mass is 9.46. The number of aliphatic hydroxyl groups excluding tert-OH is 1. The highest BCUT2D eigenvalue weighted by Gasteiger charge is 2.73. The molecular formula is C32H46O14. The van der Waals surface area contributed by atoms with Crippen molar-refractivity contribution in [2.75, 3.05) is 6.61 Å². The van der Waals surface area contributed by atoms with Crippen molar-refractivity contribution in [3.8, 4) is 0 Å². The van der Waals surface area contributed by atoms with Crippen LogP contribution in [0.15, 0.2) is 11.1 Å². The average molecular weight is 655 g/mol. The van der Waals surface area contributed by atoms with Crippen molar-refractivity contribution < 1.29 is 67.4 Å². The maximum atomic E-state index is 12.9. The van der Waals surface area contributed by atoms with Crippen molar-refractivity contribution in [1.29, 1.82) is 0 Å². The van der Waals surface area contributed by atoms with Crippen LogP contribution in [-0.2, 0) is 57.2 Å². The Morgan fingerprint density at radius 2 is 1.26 bits per heavy atom. The smallest absolute Gasteiger partial charge is 0.303 e. The van der Waals surface area contributed by atoms with Gasteiger partial charge in [-0.2, -0.15) is 0 Å². The van der Waals surface area contributed by atoms with E-state index in [0.29, 0.717) is 11.1 Å². The summed E-state index contributed by atoms with van der Waals surface area (Å²) in [7, 11) is 0. The van der Waals surface area contributed by atoms with Crippen molar-refractivity contribution in [3.05, 3.63) is 11.1 Å². The molecule has 2 N–H and O–H groups in total. The lowest BCUT2D eigenvalue weighted by Crippen LogP contribution is -2.76. The van der Waals surface area contributed by atoms with Gasteiger partial charge in [0.15, 0.2) is 12.2 Å². The SMILES string of the molecule is CC(=O)OCC1(O)C(O)CC(OC(C)=O)C2(C)C(OC(C)=O)C(OC(C)=O)C3=C(C)C(OC(C)=O)CC(C(OC(C)=O)C12)C3(C)C. The lowest BCUT2D eigenvalue weighted by Gasteiger charge is -2.64. The predicted molar refractivity (Wildman–Crippen MR) is 156 cm³/mol. The molecule has 258 valence electrons. The molecule has 3 aliphatic rings. The van der Waals surface area contributed by atoms with Gasteiger partial charge in [-0.15, -0.1) is 0 Å². The molecule has 0 amide bonds. The Balaban J connectivity index is 2.60. The van der Waals surface area contributed by atoms with E-state index < -0.39 is 114 Å². The average Bonchev–Trinajstić information content (AvgIpc) is 2.88. The summed E-state index contributed by atoms with van der Waals surface area (Å²) >= 11 is 0. The first-order valence-corrected chi connectivity index (χ1v) is 15.2. The molecule has 14 nitrogen and oxygen atoms in total. The van der Waals surface area contributed by atoms with E-state index in [1.807, 2.05) is 0 Å². The fourth-order valence-electron chi connectivity index (χ4n) is 8.16. The Hall–Kier alpha value is -3.52. The summed E-state index contributed by atoms with van der Waals surface area (Å²) in [6.07, 6.45) is -8.70. The molecule has 2 bridgehead atoms. The van der Waals surface area contributed by atoms with Gasteiger partial charge in [-0.25, -0.2) is 0 Å². The van der Waals surface area contributed by atoms with E-state index in [9.17, 15) is 39.0 Å². The molecule has 2 saturated carbocycles. The highest BCUT2D eigenvalue weighted by molar-refractivity contribution is 5.70. The number of fused-ring (bicyclic) bond motifs is 3. The second-order valence-electron chi connectivity index (χ2n) is 13.4. The lowest BCUT2D eigenvalue weighted by molar-refractivity contribution is -0.299. The van der Waals surface area contributed by atoms with E-state index >= 15 is 0 Å². The molecule has 10 unspecified atom stereocenters. The molecule has 3 aliphatic carbocycles. The minimum Gasteiger partial charge on any atom is -0.463 e. The topological polar surface area (TPSA) is 198 Å². The normalized spacial score (nSPS) is 36.5. The van der Waals surface area contributed by atoms with Gasteiger partial charge in [0.2, 0.25) is 0 Å². The monoisotopic (exact) mass is 654 g/mol. The van der Waals surface area contributed by atoms with E-state index in [2.05, 4.69) is 0 Å². The van der Waals surface area contributed by atoms with Crippen LogP contribution in [0.1, 0.15) is 82.1 Å². The highest BCUT2D eigenvalue weighted by atomic mass is 16.6. The molecule has 46 heavy (non-hydrogen) atoms. The van der Waals surface area contributed by atoms with Crippen LogP contribution in [0.5, 0.6) is 0 Å². The summed E-state index contributed by atoms with van der Waals surface area (Å²) in [5.74, 6) is -6.90. The highest BCUT2D eigenvalue weighted by Crippen LogP contribution is 2.62. The van der Waals surface area contributed by atoms with Crippen LogP contribution in [0.25, 0.3) is 0 Å². The quantitative estimate of drug-likeness (QED) is 0.228. The Morgan fingerprint density at radius 1 is 0.739 bits per heavy atom. The molecule has 14 heteroatoms. The molecule has 0 aliphatic heterocycles. The van der Waals surface area contributed by atoms with Crippen molar-refractivity contribution >= 4 is 35.8 Å². The molecule has 0 radical (unpaired) electrons. The second kappa shape index (κ2) is 13.3. The number of aliphatic hydroxyl groups is 2. The number of rotatable bonds is 7. The molecule has 0 saturated heterocycles. The van der Waals surface area contributed by atoms with Crippen molar-refractivity contribution in [2.45, 2.75) is 124 Å². The van der Waals surface area contributed by atoms with Crippen LogP contribution in [0, 0.1) is 22.7 Å². The number of carbonyl (C=O) groups excluding carboxylic acids is 6. The van der Waals surface area contributed by atoms with Gasteiger partial charge in [0, 0.05) is 59.8 Å². The van der Waals surface area contributed by atoms with Crippen LogP contribution >= 0.6 is 0 Å². The first-order chi connectivity index (χ1) is 21.1. The zero-order chi connectivity index (χ0) is 35.1. The van der Waals surface area contributed by atoms with Crippen molar-refractivity contribution in [2.24, 2.45) is 22.7 Å². The number of hydrogen-bond acceptors (Lipinski definition) is 14. The minimum atomic E-state index is -2.41. The summed E-state index contributed by atoms with van der Waals surface area (Å²) in [5.41, 5.74) is -4.37. The van der Waals surface area contributed by atoms with Gasteiger partial charge in [-0.3, -0.25) is 28.8 Å². The zero-order valence-corrected chi connectivity index (χ0v) is 28.0. The first kappa shape index (κ1) is 36.9. The van der Waals surface area contributed by atoms with E-state index in [-0.39, 0.29) is 6.42 Å². The summed E-state index contributed by atoms with van der Waals surface area (Å²) < 4.78 is 34.8. The van der Waals surface area contributed by atoms with Crippen LogP contribution in [0.3, 0.4) is 0 Å². The number of hydrogen-bond donors (Lipinski definition) is 2. The molecule has 0 heterocycles. The Morgan fingerprint density at radius 3 is 1.74 bits per heavy atom. The largest absolute Gasteiger partial charge is 0.463 e. The third-order valence-corrected chi connectivity index (χ3v) is 9.82. The maximum absolute atomic E-state index is 12.9. The summed E-state index contributed by atoms with van der Waals surface area (Å²) in [5, 5.41) is 24.1. The number of ether oxygens (including phenoxy) is 6. The number of esters is 6. The number of carbonyl (C=O) groups is 6. The fraction of sp³-hybridized carbons (Fsp3) is 0.750. The Labute approximate surface area is 268 Å². The standard InChI is InChI=1S/C32H46O14/c1-14-22(42-16(3)34)11-21-26(44-18(5)36)28-31(10,24(43-17(4)35)12-23(39)32(28,40)13-41-15(2)33)29(46-20(7)38)27(45-19(6)37)25(14)30(21,8)9/h21-24,26-29,39-40H,11-13H2,1-10H3. The molecule has 2 fully saturated rings. The predicted octanol–water partition coefficient (Wildman–Crippen LogP) is 1.70. The van der Waals surface area contributed by atoms with E-state index in [1.54, 1.807) is 20.8 Å². The van der Waals surface area contributed by atoms with E-state index in [4.69, 9.17) is 28.4 Å².